The van der Waals surface area contributed by atoms with Crippen molar-refractivity contribution in [2.45, 2.75) is 11.1 Å². The largest absolute Gasteiger partial charge is 0.418 e. The molecule has 0 amide bonds. The lowest BCUT2D eigenvalue weighted by Crippen LogP contribution is -2.06. The van der Waals surface area contributed by atoms with E-state index in [1.54, 1.807) is 24.3 Å². The summed E-state index contributed by atoms with van der Waals surface area (Å²) in [6.45, 7) is 0. The van der Waals surface area contributed by atoms with E-state index in [0.29, 0.717) is 16.5 Å². The molecular weight excluding hydrogens is 339 g/mol. The molecule has 2 aromatic carbocycles. The molecule has 124 valence electrons. The van der Waals surface area contributed by atoms with Crippen molar-refractivity contribution in [2.24, 2.45) is 0 Å². The fourth-order valence-corrected chi connectivity index (χ4v) is 3.17. The van der Waals surface area contributed by atoms with Gasteiger partial charge in [0.2, 0.25) is 0 Å². The number of sulfone groups is 1. The van der Waals surface area contributed by atoms with Crippen molar-refractivity contribution in [1.82, 2.24) is 4.98 Å². The summed E-state index contributed by atoms with van der Waals surface area (Å²) >= 11 is 0. The Morgan fingerprint density at radius 2 is 1.62 bits per heavy atom. The number of hydrogen-bond acceptors (Lipinski definition) is 3. The second-order valence-corrected chi connectivity index (χ2v) is 7.37. The van der Waals surface area contributed by atoms with Crippen LogP contribution in [0.15, 0.2) is 59.6 Å². The van der Waals surface area contributed by atoms with E-state index >= 15 is 0 Å². The molecule has 0 atom stereocenters. The first-order chi connectivity index (χ1) is 11.2. The van der Waals surface area contributed by atoms with Crippen LogP contribution in [0.5, 0.6) is 0 Å². The predicted molar refractivity (Wildman–Crippen MR) is 85.3 cm³/mol. The summed E-state index contributed by atoms with van der Waals surface area (Å²) in [6, 6.07) is 11.5. The Hall–Kier alpha value is -2.41. The molecule has 0 aliphatic heterocycles. The van der Waals surface area contributed by atoms with Crippen molar-refractivity contribution in [3.8, 4) is 11.1 Å². The molecular formula is C17H12F3NO2S. The molecule has 0 saturated heterocycles. The number of alkyl halides is 3. The molecule has 0 radical (unpaired) electrons. The van der Waals surface area contributed by atoms with Gasteiger partial charge in [0.25, 0.3) is 0 Å². The predicted octanol–water partition coefficient (Wildman–Crippen LogP) is 4.32. The molecule has 7 heteroatoms. The van der Waals surface area contributed by atoms with Crippen LogP contribution in [-0.2, 0) is 16.0 Å². The quantitative estimate of drug-likeness (QED) is 0.691. The lowest BCUT2D eigenvalue weighted by molar-refractivity contribution is -0.136. The zero-order valence-corrected chi connectivity index (χ0v) is 13.3. The third-order valence-electron chi connectivity index (χ3n) is 3.67. The van der Waals surface area contributed by atoms with Crippen molar-refractivity contribution in [3.63, 3.8) is 0 Å². The van der Waals surface area contributed by atoms with Crippen LogP contribution in [0.1, 0.15) is 5.56 Å². The third-order valence-corrected chi connectivity index (χ3v) is 4.80. The van der Waals surface area contributed by atoms with Gasteiger partial charge in [-0.1, -0.05) is 24.3 Å². The summed E-state index contributed by atoms with van der Waals surface area (Å²) in [7, 11) is -3.33. The Bertz CT molecular complexity index is 1010. The fourth-order valence-electron chi connectivity index (χ4n) is 2.54. The van der Waals surface area contributed by atoms with Crippen LogP contribution in [0.4, 0.5) is 13.2 Å². The van der Waals surface area contributed by atoms with Gasteiger partial charge < -0.3 is 0 Å². The number of rotatable bonds is 2. The van der Waals surface area contributed by atoms with Crippen LogP contribution >= 0.6 is 0 Å². The number of aromatic nitrogens is 1. The van der Waals surface area contributed by atoms with Crippen molar-refractivity contribution in [2.75, 3.05) is 6.26 Å². The second kappa shape index (κ2) is 5.59. The maximum Gasteiger partial charge on any atom is 0.418 e. The first-order valence-corrected chi connectivity index (χ1v) is 8.82. The minimum absolute atomic E-state index is 0.130. The molecule has 3 aromatic rings. The Kier molecular flexibility index (Phi) is 3.83. The Morgan fingerprint density at radius 3 is 2.21 bits per heavy atom. The van der Waals surface area contributed by atoms with Crippen molar-refractivity contribution >= 4 is 20.7 Å². The number of fused-ring (bicyclic) bond motifs is 1. The number of nitrogens with zero attached hydrogens (tertiary/aromatic N) is 1. The average Bonchev–Trinajstić information content (AvgIpc) is 2.52. The second-order valence-electron chi connectivity index (χ2n) is 5.35. The molecule has 0 bridgehead atoms. The van der Waals surface area contributed by atoms with Crippen molar-refractivity contribution < 1.29 is 21.6 Å². The average molecular weight is 351 g/mol. The van der Waals surface area contributed by atoms with E-state index in [4.69, 9.17) is 0 Å². The first kappa shape index (κ1) is 16.4. The zero-order chi connectivity index (χ0) is 17.5. The standard InChI is InChI=1S/C17H12F3NO2S/c1-24(22,23)12-7-5-11(6-8-12)13-9-10-21-16-14(13)3-2-4-15(16)17(18,19)20/h2-10H,1H3. The normalized spacial score (nSPS) is 12.5. The molecule has 0 saturated carbocycles. The molecule has 24 heavy (non-hydrogen) atoms. The molecule has 0 aliphatic carbocycles. The topological polar surface area (TPSA) is 47.0 Å². The van der Waals surface area contributed by atoms with E-state index in [2.05, 4.69) is 4.98 Å². The van der Waals surface area contributed by atoms with Gasteiger partial charge in [-0.25, -0.2) is 8.42 Å². The van der Waals surface area contributed by atoms with Gasteiger partial charge in [-0.05, 0) is 35.4 Å². The van der Waals surface area contributed by atoms with E-state index in [9.17, 15) is 21.6 Å². The third kappa shape index (κ3) is 2.99. The molecule has 1 heterocycles. The SMILES string of the molecule is CS(=O)(=O)c1ccc(-c2ccnc3c(C(F)(F)F)cccc23)cc1. The molecule has 0 spiro atoms. The molecule has 0 N–H and O–H groups in total. The molecule has 3 nitrogen and oxygen atoms in total. The zero-order valence-electron chi connectivity index (χ0n) is 12.5. The smallest absolute Gasteiger partial charge is 0.256 e. The number of hydrogen-bond donors (Lipinski definition) is 0. The molecule has 0 fully saturated rings. The number of para-hydroxylation sites is 1. The molecule has 1 aromatic heterocycles. The van der Waals surface area contributed by atoms with Crippen LogP contribution in [0.2, 0.25) is 0 Å². The van der Waals surface area contributed by atoms with Gasteiger partial charge in [-0.2, -0.15) is 13.2 Å². The van der Waals surface area contributed by atoms with Gasteiger partial charge in [0.15, 0.2) is 9.84 Å². The number of pyridine rings is 1. The van der Waals surface area contributed by atoms with Crippen molar-refractivity contribution in [3.05, 3.63) is 60.3 Å². The molecule has 0 aliphatic rings. The lowest BCUT2D eigenvalue weighted by Gasteiger charge is -2.12. The maximum absolute atomic E-state index is 13.1. The van der Waals surface area contributed by atoms with Crippen LogP contribution < -0.4 is 0 Å². The highest BCUT2D eigenvalue weighted by Crippen LogP contribution is 2.36. The van der Waals surface area contributed by atoms with Gasteiger partial charge in [0, 0.05) is 17.8 Å². The molecule has 0 unspecified atom stereocenters. The van der Waals surface area contributed by atoms with Crippen LogP contribution in [0, 0.1) is 0 Å². The van der Waals surface area contributed by atoms with E-state index in [1.807, 2.05) is 0 Å². The van der Waals surface area contributed by atoms with Crippen LogP contribution in [-0.4, -0.2) is 19.7 Å². The van der Waals surface area contributed by atoms with Crippen molar-refractivity contribution in [1.29, 1.82) is 0 Å². The number of benzene rings is 2. The lowest BCUT2D eigenvalue weighted by atomic mass is 9.99. The highest BCUT2D eigenvalue weighted by molar-refractivity contribution is 7.90. The van der Waals surface area contributed by atoms with E-state index in [0.717, 1.165) is 12.3 Å². The van der Waals surface area contributed by atoms with E-state index in [1.165, 1.54) is 24.4 Å². The van der Waals surface area contributed by atoms with Gasteiger partial charge >= 0.3 is 6.18 Å². The Labute approximate surface area is 136 Å². The minimum Gasteiger partial charge on any atom is -0.256 e. The first-order valence-electron chi connectivity index (χ1n) is 6.93. The summed E-state index contributed by atoms with van der Waals surface area (Å²) in [5, 5.41) is 0.361. The van der Waals surface area contributed by atoms with Gasteiger partial charge in [-0.15, -0.1) is 0 Å². The van der Waals surface area contributed by atoms with Gasteiger partial charge in [0.05, 0.1) is 16.0 Å². The van der Waals surface area contributed by atoms with Gasteiger partial charge in [-0.3, -0.25) is 4.98 Å². The fraction of sp³-hybridized carbons (Fsp3) is 0.118. The van der Waals surface area contributed by atoms with Gasteiger partial charge in [0.1, 0.15) is 0 Å². The van der Waals surface area contributed by atoms with Crippen LogP contribution in [0.25, 0.3) is 22.0 Å². The number of halogens is 3. The summed E-state index contributed by atoms with van der Waals surface area (Å²) in [5.74, 6) is 0. The Morgan fingerprint density at radius 1 is 0.958 bits per heavy atom. The summed E-state index contributed by atoms with van der Waals surface area (Å²) < 4.78 is 62.4. The monoisotopic (exact) mass is 351 g/mol. The molecule has 3 rings (SSSR count). The highest BCUT2D eigenvalue weighted by atomic mass is 32.2. The van der Waals surface area contributed by atoms with E-state index < -0.39 is 21.6 Å². The van der Waals surface area contributed by atoms with E-state index in [-0.39, 0.29) is 10.4 Å². The van der Waals surface area contributed by atoms with Crippen LogP contribution in [0.3, 0.4) is 0 Å². The Balaban J connectivity index is 2.21. The minimum atomic E-state index is -4.49. The maximum atomic E-state index is 13.1. The summed E-state index contributed by atoms with van der Waals surface area (Å²) in [5.41, 5.74) is 0.254. The summed E-state index contributed by atoms with van der Waals surface area (Å²) in [6.07, 6.45) is -2.08. The highest BCUT2D eigenvalue weighted by Gasteiger charge is 2.33. The summed E-state index contributed by atoms with van der Waals surface area (Å²) in [4.78, 5) is 4.03.